The van der Waals surface area contributed by atoms with Crippen molar-refractivity contribution in [3.63, 3.8) is 0 Å². The van der Waals surface area contributed by atoms with Crippen LogP contribution < -0.4 is 10.1 Å². The molecule has 0 radical (unpaired) electrons. The number of nitrogens with zero attached hydrogens (tertiary/aromatic N) is 1. The van der Waals surface area contributed by atoms with E-state index >= 15 is 0 Å². The number of amides is 4. The van der Waals surface area contributed by atoms with Gasteiger partial charge >= 0.3 is 12.0 Å². The summed E-state index contributed by atoms with van der Waals surface area (Å²) in [4.78, 5) is 49.1. The lowest BCUT2D eigenvalue weighted by molar-refractivity contribution is -0.139. The van der Waals surface area contributed by atoms with Crippen LogP contribution in [0.1, 0.15) is 37.7 Å². The number of aliphatic carboxylic acids is 1. The van der Waals surface area contributed by atoms with Gasteiger partial charge in [-0.05, 0) is 59.2 Å². The summed E-state index contributed by atoms with van der Waals surface area (Å²) in [6.45, 7) is -0.463. The fraction of sp³-hybridized carbons (Fsp3) is 0.368. The van der Waals surface area contributed by atoms with Crippen molar-refractivity contribution in [1.29, 1.82) is 0 Å². The molecule has 9 heteroatoms. The number of carboxylic acid groups (broad SMARTS) is 1. The van der Waals surface area contributed by atoms with Crippen molar-refractivity contribution in [1.82, 2.24) is 10.2 Å². The Morgan fingerprint density at radius 1 is 1.25 bits per heavy atom. The number of imide groups is 2. The van der Waals surface area contributed by atoms with Gasteiger partial charge in [-0.15, -0.1) is 0 Å². The number of carboxylic acids is 1. The molecular formula is C19H19IN2O6. The van der Waals surface area contributed by atoms with Crippen LogP contribution in [0, 0.1) is 3.57 Å². The minimum absolute atomic E-state index is 0.0971. The third-order valence-corrected chi connectivity index (χ3v) is 5.53. The number of carbonyl (C=O) groups excluding carboxylic acids is 3. The summed E-state index contributed by atoms with van der Waals surface area (Å²) < 4.78 is 5.81. The lowest BCUT2D eigenvalue weighted by Gasteiger charge is -2.35. The summed E-state index contributed by atoms with van der Waals surface area (Å²) in [6.07, 6.45) is 5.90. The zero-order chi connectivity index (χ0) is 20.3. The molecule has 28 heavy (non-hydrogen) atoms. The standard InChI is InChI=1S/C19H19IN2O6/c20-14-9-11(6-7-15(14)28-10-16(23)24)8-13-17(25)21-19(27)22(18(13)26)12-4-2-1-3-5-12/h6-9,12H,1-5,10H2,(H,23,24)(H,21,25,27). The Hall–Kier alpha value is -2.43. The second-order valence-corrected chi connectivity index (χ2v) is 7.82. The van der Waals surface area contributed by atoms with Crippen molar-refractivity contribution in [3.05, 3.63) is 32.9 Å². The van der Waals surface area contributed by atoms with Gasteiger partial charge < -0.3 is 9.84 Å². The molecule has 2 fully saturated rings. The van der Waals surface area contributed by atoms with Crippen molar-refractivity contribution in [2.24, 2.45) is 0 Å². The van der Waals surface area contributed by atoms with Gasteiger partial charge in [-0.1, -0.05) is 25.3 Å². The van der Waals surface area contributed by atoms with E-state index in [0.29, 0.717) is 14.9 Å². The van der Waals surface area contributed by atoms with Crippen LogP contribution in [0.5, 0.6) is 5.75 Å². The molecule has 3 rings (SSSR count). The maximum Gasteiger partial charge on any atom is 0.341 e. The van der Waals surface area contributed by atoms with E-state index in [-0.39, 0.29) is 11.6 Å². The highest BCUT2D eigenvalue weighted by molar-refractivity contribution is 14.1. The highest BCUT2D eigenvalue weighted by Crippen LogP contribution is 2.27. The van der Waals surface area contributed by atoms with Crippen LogP contribution in [0.4, 0.5) is 4.79 Å². The number of nitrogens with one attached hydrogen (secondary N) is 1. The topological polar surface area (TPSA) is 113 Å². The molecule has 1 saturated carbocycles. The summed E-state index contributed by atoms with van der Waals surface area (Å²) in [6, 6.07) is 4.02. The van der Waals surface area contributed by atoms with Crippen molar-refractivity contribution in [3.8, 4) is 5.75 Å². The molecule has 1 aromatic carbocycles. The van der Waals surface area contributed by atoms with E-state index in [1.165, 1.54) is 11.0 Å². The Bertz CT molecular complexity index is 860. The molecule has 0 atom stereocenters. The monoisotopic (exact) mass is 498 g/mol. The molecule has 4 amide bonds. The second kappa shape index (κ2) is 8.72. The fourth-order valence-corrected chi connectivity index (χ4v) is 4.07. The van der Waals surface area contributed by atoms with Crippen LogP contribution in [0.15, 0.2) is 23.8 Å². The van der Waals surface area contributed by atoms with E-state index in [1.807, 2.05) is 22.6 Å². The quantitative estimate of drug-likeness (QED) is 0.367. The highest BCUT2D eigenvalue weighted by Gasteiger charge is 2.40. The zero-order valence-corrected chi connectivity index (χ0v) is 17.1. The number of barbiturate groups is 1. The van der Waals surface area contributed by atoms with Gasteiger partial charge in [0.2, 0.25) is 0 Å². The first-order valence-electron chi connectivity index (χ1n) is 8.91. The van der Waals surface area contributed by atoms with E-state index in [4.69, 9.17) is 9.84 Å². The number of urea groups is 1. The molecule has 0 spiro atoms. The van der Waals surface area contributed by atoms with Crippen LogP contribution in [0.2, 0.25) is 0 Å². The lowest BCUT2D eigenvalue weighted by atomic mass is 9.93. The van der Waals surface area contributed by atoms with Crippen LogP contribution in [-0.4, -0.2) is 46.5 Å². The molecule has 2 N–H and O–H groups in total. The molecule has 148 valence electrons. The number of rotatable bonds is 5. The number of carbonyl (C=O) groups is 4. The van der Waals surface area contributed by atoms with Crippen LogP contribution in [-0.2, 0) is 14.4 Å². The Morgan fingerprint density at radius 2 is 1.96 bits per heavy atom. The number of ether oxygens (including phenoxy) is 1. The predicted octanol–water partition coefficient (Wildman–Crippen LogP) is 2.55. The third-order valence-electron chi connectivity index (χ3n) is 4.69. The van der Waals surface area contributed by atoms with E-state index in [9.17, 15) is 19.2 Å². The van der Waals surface area contributed by atoms with Crippen LogP contribution >= 0.6 is 22.6 Å². The molecule has 0 unspecified atom stereocenters. The van der Waals surface area contributed by atoms with Crippen LogP contribution in [0.25, 0.3) is 6.08 Å². The number of hydrogen-bond acceptors (Lipinski definition) is 5. The molecule has 2 aliphatic rings. The van der Waals surface area contributed by atoms with E-state index in [2.05, 4.69) is 5.32 Å². The molecule has 1 saturated heterocycles. The van der Waals surface area contributed by atoms with Gasteiger partial charge in [0.1, 0.15) is 11.3 Å². The predicted molar refractivity (Wildman–Crippen MR) is 108 cm³/mol. The third kappa shape index (κ3) is 4.51. The maximum absolute atomic E-state index is 12.9. The molecule has 0 bridgehead atoms. The minimum atomic E-state index is -1.08. The van der Waals surface area contributed by atoms with Crippen LogP contribution in [0.3, 0.4) is 0 Å². The Kier molecular flexibility index (Phi) is 6.32. The number of benzene rings is 1. The Morgan fingerprint density at radius 3 is 2.61 bits per heavy atom. The SMILES string of the molecule is O=C(O)COc1ccc(C=C2C(=O)NC(=O)N(C3CCCCC3)C2=O)cc1I. The zero-order valence-electron chi connectivity index (χ0n) is 14.9. The van der Waals surface area contributed by atoms with Gasteiger partial charge in [0, 0.05) is 6.04 Å². The normalized spacial score (nSPS) is 19.7. The van der Waals surface area contributed by atoms with Crippen molar-refractivity contribution in [2.45, 2.75) is 38.1 Å². The van der Waals surface area contributed by atoms with Gasteiger partial charge in [-0.25, -0.2) is 9.59 Å². The Balaban J connectivity index is 1.84. The summed E-state index contributed by atoms with van der Waals surface area (Å²) in [7, 11) is 0. The van der Waals surface area contributed by atoms with Gasteiger partial charge in [0.15, 0.2) is 6.61 Å². The van der Waals surface area contributed by atoms with Gasteiger partial charge in [-0.3, -0.25) is 19.8 Å². The second-order valence-electron chi connectivity index (χ2n) is 6.66. The largest absolute Gasteiger partial charge is 0.481 e. The first-order valence-corrected chi connectivity index (χ1v) is 9.99. The Labute approximate surface area is 175 Å². The van der Waals surface area contributed by atoms with Crippen molar-refractivity contribution < 1.29 is 29.0 Å². The van der Waals surface area contributed by atoms with Crippen molar-refractivity contribution >= 4 is 52.5 Å². The summed E-state index contributed by atoms with van der Waals surface area (Å²) in [5.41, 5.74) is 0.476. The molecule has 1 aliphatic carbocycles. The van der Waals surface area contributed by atoms with Crippen molar-refractivity contribution in [2.75, 3.05) is 6.61 Å². The first kappa shape index (κ1) is 20.3. The molecule has 1 aliphatic heterocycles. The lowest BCUT2D eigenvalue weighted by Crippen LogP contribution is -2.58. The molecule has 1 heterocycles. The number of hydrogen-bond donors (Lipinski definition) is 2. The molecular weight excluding hydrogens is 479 g/mol. The highest BCUT2D eigenvalue weighted by atomic mass is 127. The average molecular weight is 498 g/mol. The first-order chi connectivity index (χ1) is 13.4. The van der Waals surface area contributed by atoms with Gasteiger partial charge in [-0.2, -0.15) is 0 Å². The van der Waals surface area contributed by atoms with E-state index in [0.717, 1.165) is 32.1 Å². The fourth-order valence-electron chi connectivity index (χ4n) is 3.37. The smallest absolute Gasteiger partial charge is 0.341 e. The minimum Gasteiger partial charge on any atom is -0.481 e. The maximum atomic E-state index is 12.9. The molecule has 8 nitrogen and oxygen atoms in total. The van der Waals surface area contributed by atoms with E-state index < -0.39 is 30.4 Å². The summed E-state index contributed by atoms with van der Waals surface area (Å²) >= 11 is 1.98. The van der Waals surface area contributed by atoms with E-state index in [1.54, 1.807) is 18.2 Å². The van der Waals surface area contributed by atoms with Gasteiger partial charge in [0.05, 0.1) is 3.57 Å². The van der Waals surface area contributed by atoms with Gasteiger partial charge in [0.25, 0.3) is 11.8 Å². The summed E-state index contributed by atoms with van der Waals surface area (Å²) in [5, 5.41) is 11.0. The number of halogens is 1. The molecule has 0 aromatic heterocycles. The summed E-state index contributed by atoms with van der Waals surface area (Å²) in [5.74, 6) is -1.99. The molecule has 1 aromatic rings. The average Bonchev–Trinajstić information content (AvgIpc) is 2.65.